The largest absolute Gasteiger partial charge is 0.369 e. The van der Waals surface area contributed by atoms with Crippen molar-refractivity contribution >= 4 is 45.4 Å². The van der Waals surface area contributed by atoms with Gasteiger partial charge in [0.2, 0.25) is 0 Å². The second-order valence-corrected chi connectivity index (χ2v) is 9.90. The molecular formula is C26H27ClN4OS. The Kier molecular flexibility index (Phi) is 6.40. The van der Waals surface area contributed by atoms with Crippen molar-refractivity contribution in [2.45, 2.75) is 6.92 Å². The number of thiophene rings is 1. The quantitative estimate of drug-likeness (QED) is 0.413. The van der Waals surface area contributed by atoms with E-state index in [1.54, 1.807) is 0 Å². The van der Waals surface area contributed by atoms with E-state index in [0.717, 1.165) is 53.1 Å². The molecule has 0 atom stereocenters. The number of benzene rings is 2. The van der Waals surface area contributed by atoms with E-state index in [2.05, 4.69) is 63.1 Å². The summed E-state index contributed by atoms with van der Waals surface area (Å²) in [6, 6.07) is 20.4. The minimum atomic E-state index is -0.00380. The summed E-state index contributed by atoms with van der Waals surface area (Å²) in [7, 11) is 0. The van der Waals surface area contributed by atoms with E-state index in [-0.39, 0.29) is 5.91 Å². The molecule has 4 aromatic rings. The summed E-state index contributed by atoms with van der Waals surface area (Å²) in [5, 5.41) is 6.12. The molecule has 1 saturated heterocycles. The van der Waals surface area contributed by atoms with E-state index in [4.69, 9.17) is 11.6 Å². The first-order valence-electron chi connectivity index (χ1n) is 11.3. The van der Waals surface area contributed by atoms with Crippen LogP contribution in [0.1, 0.15) is 15.2 Å². The number of aromatic nitrogens is 1. The van der Waals surface area contributed by atoms with E-state index in [9.17, 15) is 4.79 Å². The average Bonchev–Trinajstić information content (AvgIpc) is 3.48. The van der Waals surface area contributed by atoms with Crippen molar-refractivity contribution in [1.82, 2.24) is 14.8 Å². The molecule has 7 heteroatoms. The zero-order chi connectivity index (χ0) is 22.8. The minimum Gasteiger partial charge on any atom is -0.369 e. The predicted octanol–water partition coefficient (Wildman–Crippen LogP) is 5.21. The van der Waals surface area contributed by atoms with Crippen LogP contribution < -0.4 is 10.2 Å². The lowest BCUT2D eigenvalue weighted by Gasteiger charge is -2.36. The van der Waals surface area contributed by atoms with Gasteiger partial charge in [0.15, 0.2) is 0 Å². The van der Waals surface area contributed by atoms with Gasteiger partial charge in [-0.1, -0.05) is 35.9 Å². The van der Waals surface area contributed by atoms with Crippen molar-refractivity contribution in [2.75, 3.05) is 44.2 Å². The standard InChI is InChI=1S/C26H27ClN4OS/c1-19-6-7-21(27)18-23(19)30-16-14-29(15-17-30)13-11-28-26(32)24-8-9-25(33-24)31-12-10-20-4-2-3-5-22(20)31/h2-10,12,18H,11,13-17H2,1H3,(H,28,32). The van der Waals surface area contributed by atoms with E-state index in [0.29, 0.717) is 6.54 Å². The molecule has 1 aliphatic heterocycles. The number of hydrogen-bond acceptors (Lipinski definition) is 4. The van der Waals surface area contributed by atoms with Crippen LogP contribution in [0.5, 0.6) is 0 Å². The highest BCUT2D eigenvalue weighted by molar-refractivity contribution is 7.16. The summed E-state index contributed by atoms with van der Waals surface area (Å²) in [6.45, 7) is 7.52. The fourth-order valence-electron chi connectivity index (χ4n) is 4.40. The summed E-state index contributed by atoms with van der Waals surface area (Å²) >= 11 is 7.71. The number of amides is 1. The Morgan fingerprint density at radius 1 is 1.03 bits per heavy atom. The van der Waals surface area contributed by atoms with Crippen LogP contribution >= 0.6 is 22.9 Å². The smallest absolute Gasteiger partial charge is 0.261 e. The van der Waals surface area contributed by atoms with Gasteiger partial charge in [0.05, 0.1) is 10.4 Å². The van der Waals surface area contributed by atoms with E-state index in [1.165, 1.54) is 28.0 Å². The molecule has 0 bridgehead atoms. The third kappa shape index (κ3) is 4.78. The first kappa shape index (κ1) is 22.0. The molecule has 0 spiro atoms. The summed E-state index contributed by atoms with van der Waals surface area (Å²) in [5.74, 6) is -0.00380. The predicted molar refractivity (Wildman–Crippen MR) is 138 cm³/mol. The van der Waals surface area contributed by atoms with Crippen LogP contribution in [0.2, 0.25) is 5.02 Å². The Balaban J connectivity index is 1.12. The zero-order valence-corrected chi connectivity index (χ0v) is 20.2. The Morgan fingerprint density at radius 2 is 1.85 bits per heavy atom. The van der Waals surface area contributed by atoms with Gasteiger partial charge in [-0.05, 0) is 54.3 Å². The van der Waals surface area contributed by atoms with Gasteiger partial charge >= 0.3 is 0 Å². The number of rotatable bonds is 6. The molecule has 33 heavy (non-hydrogen) atoms. The van der Waals surface area contributed by atoms with Crippen LogP contribution in [-0.4, -0.2) is 54.6 Å². The molecule has 170 valence electrons. The number of halogens is 1. The molecule has 1 aliphatic rings. The van der Waals surface area contributed by atoms with Crippen LogP contribution in [0.25, 0.3) is 15.9 Å². The summed E-state index contributed by atoms with van der Waals surface area (Å²) < 4.78 is 2.14. The topological polar surface area (TPSA) is 40.5 Å². The maximum Gasteiger partial charge on any atom is 0.261 e. The summed E-state index contributed by atoms with van der Waals surface area (Å²) in [5.41, 5.74) is 3.63. The minimum absolute atomic E-state index is 0.00380. The molecular weight excluding hydrogens is 452 g/mol. The van der Waals surface area contributed by atoms with E-state index >= 15 is 0 Å². The molecule has 5 rings (SSSR count). The van der Waals surface area contributed by atoms with Gasteiger partial charge in [-0.3, -0.25) is 9.69 Å². The molecule has 2 aromatic heterocycles. The molecule has 0 saturated carbocycles. The van der Waals surface area contributed by atoms with E-state index < -0.39 is 0 Å². The normalized spacial score (nSPS) is 14.7. The number of piperazine rings is 1. The van der Waals surface area contributed by atoms with Gasteiger partial charge in [0.1, 0.15) is 5.00 Å². The lowest BCUT2D eigenvalue weighted by atomic mass is 10.1. The molecule has 0 aliphatic carbocycles. The van der Waals surface area contributed by atoms with Crippen molar-refractivity contribution in [3.05, 3.63) is 82.3 Å². The first-order valence-corrected chi connectivity index (χ1v) is 12.5. The highest BCUT2D eigenvalue weighted by atomic mass is 35.5. The van der Waals surface area contributed by atoms with Crippen molar-refractivity contribution in [1.29, 1.82) is 0 Å². The maximum atomic E-state index is 12.7. The second-order valence-electron chi connectivity index (χ2n) is 8.40. The fraction of sp³-hybridized carbons (Fsp3) is 0.269. The molecule has 0 radical (unpaired) electrons. The average molecular weight is 479 g/mol. The second kappa shape index (κ2) is 9.59. The number of nitrogens with zero attached hydrogens (tertiary/aromatic N) is 3. The number of carbonyl (C=O) groups is 1. The van der Waals surface area contributed by atoms with E-state index in [1.807, 2.05) is 30.3 Å². The number of para-hydroxylation sites is 1. The number of hydrogen-bond donors (Lipinski definition) is 1. The third-order valence-electron chi connectivity index (χ3n) is 6.25. The van der Waals surface area contributed by atoms with Crippen molar-refractivity contribution in [2.24, 2.45) is 0 Å². The zero-order valence-electron chi connectivity index (χ0n) is 18.6. The Labute approximate surface area is 203 Å². The monoisotopic (exact) mass is 478 g/mol. The van der Waals surface area contributed by atoms with Crippen molar-refractivity contribution in [3.63, 3.8) is 0 Å². The molecule has 1 N–H and O–H groups in total. The van der Waals surface area contributed by atoms with Crippen LogP contribution in [0.4, 0.5) is 5.69 Å². The number of carbonyl (C=O) groups excluding carboxylic acids is 1. The van der Waals surface area contributed by atoms with Crippen LogP contribution in [-0.2, 0) is 0 Å². The van der Waals surface area contributed by atoms with Crippen molar-refractivity contribution in [3.8, 4) is 5.00 Å². The first-order chi connectivity index (χ1) is 16.1. The van der Waals surface area contributed by atoms with Crippen molar-refractivity contribution < 1.29 is 4.79 Å². The molecule has 3 heterocycles. The van der Waals surface area contributed by atoms with Crippen LogP contribution in [0.3, 0.4) is 0 Å². The van der Waals surface area contributed by atoms with Gasteiger partial charge in [0, 0.05) is 56.2 Å². The summed E-state index contributed by atoms with van der Waals surface area (Å²) in [4.78, 5) is 18.2. The number of fused-ring (bicyclic) bond motifs is 1. The van der Waals surface area contributed by atoms with Gasteiger partial charge < -0.3 is 14.8 Å². The number of aryl methyl sites for hydroxylation is 1. The van der Waals surface area contributed by atoms with Gasteiger partial charge in [-0.2, -0.15) is 0 Å². The molecule has 1 fully saturated rings. The Bertz CT molecular complexity index is 1270. The molecule has 1 amide bonds. The maximum absolute atomic E-state index is 12.7. The van der Waals surface area contributed by atoms with Gasteiger partial charge in [-0.25, -0.2) is 0 Å². The van der Waals surface area contributed by atoms with Gasteiger partial charge in [0.25, 0.3) is 5.91 Å². The fourth-order valence-corrected chi connectivity index (χ4v) is 5.49. The van der Waals surface area contributed by atoms with Crippen LogP contribution in [0, 0.1) is 6.92 Å². The lowest BCUT2D eigenvalue weighted by molar-refractivity contribution is 0.0952. The molecule has 2 aromatic carbocycles. The summed E-state index contributed by atoms with van der Waals surface area (Å²) in [6.07, 6.45) is 2.06. The SMILES string of the molecule is Cc1ccc(Cl)cc1N1CCN(CCNC(=O)c2ccc(-n3ccc4ccccc43)s2)CC1. The highest BCUT2D eigenvalue weighted by Crippen LogP contribution is 2.27. The van der Waals surface area contributed by atoms with Gasteiger partial charge in [-0.15, -0.1) is 11.3 Å². The Hall–Kier alpha value is -2.80. The van der Waals surface area contributed by atoms with Crippen LogP contribution in [0.15, 0.2) is 66.9 Å². The highest BCUT2D eigenvalue weighted by Gasteiger charge is 2.19. The number of anilines is 1. The molecule has 0 unspecified atom stereocenters. The number of nitrogens with one attached hydrogen (secondary N) is 1. The lowest BCUT2D eigenvalue weighted by Crippen LogP contribution is -2.48. The Morgan fingerprint density at radius 3 is 2.70 bits per heavy atom. The molecule has 5 nitrogen and oxygen atoms in total. The third-order valence-corrected chi connectivity index (χ3v) is 7.57.